The van der Waals surface area contributed by atoms with Crippen LogP contribution in [0, 0.1) is 11.8 Å². The Labute approximate surface area is 112 Å². The quantitative estimate of drug-likeness (QED) is 0.817. The average molecular weight is 263 g/mol. The average Bonchev–Trinajstić information content (AvgIpc) is 2.95. The Bertz CT molecular complexity index is 477. The molecule has 0 N–H and O–H groups in total. The fourth-order valence-electron chi connectivity index (χ4n) is 2.90. The Kier molecular flexibility index (Phi) is 3.40. The van der Waals surface area contributed by atoms with Crippen LogP contribution in [-0.2, 0) is 11.2 Å². The molecule has 0 bridgehead atoms. The molecular formula is C15H18FNO2. The fraction of sp³-hybridized carbons (Fsp3) is 0.533. The van der Waals surface area contributed by atoms with Crippen LogP contribution in [0.2, 0.25) is 0 Å². The van der Waals surface area contributed by atoms with Crippen molar-refractivity contribution in [1.82, 2.24) is 4.90 Å². The number of carbonyl (C=O) groups is 1. The summed E-state index contributed by atoms with van der Waals surface area (Å²) < 4.78 is 18.3. The Morgan fingerprint density at radius 1 is 1.42 bits per heavy atom. The summed E-state index contributed by atoms with van der Waals surface area (Å²) >= 11 is 0. The van der Waals surface area contributed by atoms with E-state index in [1.54, 1.807) is 4.90 Å². The van der Waals surface area contributed by atoms with Crippen LogP contribution in [-0.4, -0.2) is 37.2 Å². The molecule has 3 rings (SSSR count). The molecule has 3 nitrogen and oxygen atoms in total. The summed E-state index contributed by atoms with van der Waals surface area (Å²) in [5, 5.41) is 0. The number of halogens is 1. The number of fused-ring (bicyclic) bond motifs is 1. The smallest absolute Gasteiger partial charge is 0.229 e. The van der Waals surface area contributed by atoms with E-state index in [1.807, 2.05) is 24.3 Å². The maximum Gasteiger partial charge on any atom is 0.229 e. The molecule has 2 aliphatic heterocycles. The third-order valence-corrected chi connectivity index (χ3v) is 4.04. The van der Waals surface area contributed by atoms with Crippen LogP contribution in [0.3, 0.4) is 0 Å². The molecule has 0 saturated carbocycles. The Balaban J connectivity index is 1.66. The van der Waals surface area contributed by atoms with E-state index in [1.165, 1.54) is 0 Å². The molecule has 0 spiro atoms. The van der Waals surface area contributed by atoms with Gasteiger partial charge in [-0.2, -0.15) is 0 Å². The van der Waals surface area contributed by atoms with Gasteiger partial charge in [0, 0.05) is 19.0 Å². The third kappa shape index (κ3) is 2.44. The Morgan fingerprint density at radius 2 is 2.26 bits per heavy atom. The predicted octanol–water partition coefficient (Wildman–Crippen LogP) is 2.06. The number of likely N-dealkylation sites (tertiary alicyclic amines) is 1. The Hall–Kier alpha value is -1.58. The summed E-state index contributed by atoms with van der Waals surface area (Å²) in [6.07, 6.45) is 1.51. The maximum atomic E-state index is 12.6. The van der Waals surface area contributed by atoms with Crippen LogP contribution in [0.25, 0.3) is 0 Å². The van der Waals surface area contributed by atoms with Crippen molar-refractivity contribution in [2.45, 2.75) is 12.8 Å². The third-order valence-electron chi connectivity index (χ3n) is 4.04. The van der Waals surface area contributed by atoms with Gasteiger partial charge in [0.2, 0.25) is 5.91 Å². The molecule has 2 aliphatic rings. The van der Waals surface area contributed by atoms with Gasteiger partial charge in [0.25, 0.3) is 0 Å². The van der Waals surface area contributed by atoms with Crippen molar-refractivity contribution in [2.24, 2.45) is 11.8 Å². The number of rotatable bonds is 2. The molecule has 2 heterocycles. The number of benzene rings is 1. The summed E-state index contributed by atoms with van der Waals surface area (Å²) in [5.74, 6) is 0.911. The number of alkyl halides is 1. The number of amides is 1. The molecule has 2 unspecified atom stereocenters. The van der Waals surface area contributed by atoms with Crippen molar-refractivity contribution < 1.29 is 13.9 Å². The van der Waals surface area contributed by atoms with Gasteiger partial charge in [0.1, 0.15) is 12.4 Å². The second-order valence-corrected chi connectivity index (χ2v) is 5.41. The first kappa shape index (κ1) is 12.5. The van der Waals surface area contributed by atoms with Crippen LogP contribution in [0.15, 0.2) is 24.3 Å². The maximum absolute atomic E-state index is 12.6. The number of ether oxygens (including phenoxy) is 1. The van der Waals surface area contributed by atoms with Gasteiger partial charge in [0.15, 0.2) is 0 Å². The molecule has 1 aromatic carbocycles. The molecule has 1 fully saturated rings. The standard InChI is InChI=1S/C15H18FNO2/c16-8-11-5-6-17(9-11)15(18)13-7-12-3-1-2-4-14(12)19-10-13/h1-4,11,13H,5-10H2. The highest BCUT2D eigenvalue weighted by Crippen LogP contribution is 2.29. The first-order valence-electron chi connectivity index (χ1n) is 6.83. The minimum Gasteiger partial charge on any atom is -0.492 e. The van der Waals surface area contributed by atoms with E-state index in [0.29, 0.717) is 19.7 Å². The number of hydrogen-bond donors (Lipinski definition) is 0. The van der Waals surface area contributed by atoms with E-state index in [0.717, 1.165) is 24.2 Å². The summed E-state index contributed by atoms with van der Waals surface area (Å²) in [6.45, 7) is 1.36. The zero-order valence-electron chi connectivity index (χ0n) is 10.8. The van der Waals surface area contributed by atoms with E-state index in [9.17, 15) is 9.18 Å². The first-order valence-corrected chi connectivity index (χ1v) is 6.83. The highest BCUT2D eigenvalue weighted by atomic mass is 19.1. The largest absolute Gasteiger partial charge is 0.492 e. The van der Waals surface area contributed by atoms with Gasteiger partial charge in [-0.25, -0.2) is 0 Å². The summed E-state index contributed by atoms with van der Waals surface area (Å²) in [6, 6.07) is 7.84. The van der Waals surface area contributed by atoms with E-state index < -0.39 is 0 Å². The van der Waals surface area contributed by atoms with Gasteiger partial charge in [-0.3, -0.25) is 9.18 Å². The van der Waals surface area contributed by atoms with Crippen LogP contribution in [0.5, 0.6) is 5.75 Å². The second kappa shape index (κ2) is 5.19. The minimum absolute atomic E-state index is 0.0285. The van der Waals surface area contributed by atoms with E-state index in [4.69, 9.17) is 4.74 Å². The topological polar surface area (TPSA) is 29.5 Å². The predicted molar refractivity (Wildman–Crippen MR) is 69.8 cm³/mol. The monoisotopic (exact) mass is 263 g/mol. The lowest BCUT2D eigenvalue weighted by molar-refractivity contribution is -0.136. The van der Waals surface area contributed by atoms with Crippen LogP contribution in [0.1, 0.15) is 12.0 Å². The molecule has 0 radical (unpaired) electrons. The van der Waals surface area contributed by atoms with Gasteiger partial charge >= 0.3 is 0 Å². The van der Waals surface area contributed by atoms with Gasteiger partial charge in [-0.15, -0.1) is 0 Å². The van der Waals surface area contributed by atoms with Crippen molar-refractivity contribution >= 4 is 5.91 Å². The fourth-order valence-corrected chi connectivity index (χ4v) is 2.90. The van der Waals surface area contributed by atoms with Gasteiger partial charge in [-0.05, 0) is 24.5 Å². The number of nitrogens with zero attached hydrogens (tertiary/aromatic N) is 1. The van der Waals surface area contributed by atoms with Crippen molar-refractivity contribution in [3.63, 3.8) is 0 Å². The van der Waals surface area contributed by atoms with E-state index in [-0.39, 0.29) is 24.4 Å². The van der Waals surface area contributed by atoms with Crippen molar-refractivity contribution in [3.8, 4) is 5.75 Å². The lowest BCUT2D eigenvalue weighted by atomic mass is 9.95. The SMILES string of the molecule is O=C(C1COc2ccccc2C1)N1CCC(CF)C1. The van der Waals surface area contributed by atoms with E-state index in [2.05, 4.69) is 0 Å². The van der Waals surface area contributed by atoms with Crippen molar-refractivity contribution in [1.29, 1.82) is 0 Å². The number of para-hydroxylation sites is 1. The van der Waals surface area contributed by atoms with E-state index >= 15 is 0 Å². The normalized spacial score (nSPS) is 25.8. The van der Waals surface area contributed by atoms with Gasteiger partial charge in [-0.1, -0.05) is 18.2 Å². The molecule has 1 aromatic rings. The van der Waals surface area contributed by atoms with Crippen LogP contribution in [0.4, 0.5) is 4.39 Å². The second-order valence-electron chi connectivity index (χ2n) is 5.41. The van der Waals surface area contributed by atoms with Crippen LogP contribution >= 0.6 is 0 Å². The molecule has 4 heteroatoms. The lowest BCUT2D eigenvalue weighted by Crippen LogP contribution is -2.39. The summed E-state index contributed by atoms with van der Waals surface area (Å²) in [4.78, 5) is 14.2. The first-order chi connectivity index (χ1) is 9.28. The zero-order chi connectivity index (χ0) is 13.2. The summed E-state index contributed by atoms with van der Waals surface area (Å²) in [7, 11) is 0. The van der Waals surface area contributed by atoms with Crippen LogP contribution < -0.4 is 4.74 Å². The molecule has 0 aliphatic carbocycles. The van der Waals surface area contributed by atoms with Gasteiger partial charge < -0.3 is 9.64 Å². The summed E-state index contributed by atoms with van der Waals surface area (Å²) in [5.41, 5.74) is 1.09. The molecule has 102 valence electrons. The number of carbonyl (C=O) groups excluding carboxylic acids is 1. The molecular weight excluding hydrogens is 245 g/mol. The van der Waals surface area contributed by atoms with Gasteiger partial charge in [0.05, 0.1) is 12.6 Å². The zero-order valence-corrected chi connectivity index (χ0v) is 10.8. The molecule has 2 atom stereocenters. The highest BCUT2D eigenvalue weighted by molar-refractivity contribution is 5.80. The molecule has 19 heavy (non-hydrogen) atoms. The van der Waals surface area contributed by atoms with Crippen molar-refractivity contribution in [3.05, 3.63) is 29.8 Å². The molecule has 1 amide bonds. The number of hydrogen-bond acceptors (Lipinski definition) is 2. The van der Waals surface area contributed by atoms with Crippen molar-refractivity contribution in [2.75, 3.05) is 26.4 Å². The molecule has 1 saturated heterocycles. The Morgan fingerprint density at radius 3 is 3.05 bits per heavy atom. The minimum atomic E-state index is -0.326. The highest BCUT2D eigenvalue weighted by Gasteiger charge is 2.33. The lowest BCUT2D eigenvalue weighted by Gasteiger charge is -2.28. The molecule has 0 aromatic heterocycles.